The Bertz CT molecular complexity index is 1240. The molecule has 1 aliphatic heterocycles. The van der Waals surface area contributed by atoms with Crippen LogP contribution in [0.15, 0.2) is 71.6 Å². The number of rotatable bonds is 6. The standard InChI is InChI=1S/C24H24FN3O4S/c1-17-2-11-22(33(30,31)27-20-5-3-18(25)4-6-20)16-23(17)24(29)26-19-7-9-21(10-8-19)28-12-14-32-15-13-28/h2-11,16,27H,12-15H2,1H3,(H,26,29). The van der Waals surface area contributed by atoms with Crippen molar-refractivity contribution in [3.05, 3.63) is 83.7 Å². The highest BCUT2D eigenvalue weighted by molar-refractivity contribution is 7.92. The lowest BCUT2D eigenvalue weighted by Gasteiger charge is -2.28. The lowest BCUT2D eigenvalue weighted by Crippen LogP contribution is -2.36. The number of hydrogen-bond donors (Lipinski definition) is 2. The van der Waals surface area contributed by atoms with Gasteiger partial charge >= 0.3 is 0 Å². The molecule has 172 valence electrons. The normalized spacial score (nSPS) is 14.1. The lowest BCUT2D eigenvalue weighted by atomic mass is 10.1. The average molecular weight is 470 g/mol. The second-order valence-electron chi connectivity index (χ2n) is 7.69. The first kappa shape index (κ1) is 22.8. The minimum Gasteiger partial charge on any atom is -0.378 e. The van der Waals surface area contributed by atoms with Crippen molar-refractivity contribution in [1.82, 2.24) is 0 Å². The predicted octanol–water partition coefficient (Wildman–Crippen LogP) is 4.02. The van der Waals surface area contributed by atoms with Crippen LogP contribution in [0.4, 0.5) is 21.5 Å². The zero-order valence-corrected chi connectivity index (χ0v) is 18.9. The van der Waals surface area contributed by atoms with Gasteiger partial charge in [-0.05, 0) is 73.2 Å². The van der Waals surface area contributed by atoms with Gasteiger partial charge in [0.05, 0.1) is 18.1 Å². The van der Waals surface area contributed by atoms with Crippen LogP contribution in [0, 0.1) is 12.7 Å². The smallest absolute Gasteiger partial charge is 0.261 e. The number of morpholine rings is 1. The Morgan fingerprint density at radius 2 is 1.58 bits per heavy atom. The van der Waals surface area contributed by atoms with Gasteiger partial charge < -0.3 is 15.0 Å². The first-order valence-electron chi connectivity index (χ1n) is 10.4. The quantitative estimate of drug-likeness (QED) is 0.569. The van der Waals surface area contributed by atoms with Crippen molar-refractivity contribution in [2.45, 2.75) is 11.8 Å². The highest BCUT2D eigenvalue weighted by Crippen LogP contribution is 2.22. The molecule has 7 nitrogen and oxygen atoms in total. The van der Waals surface area contributed by atoms with E-state index in [1.807, 2.05) is 24.3 Å². The molecule has 3 aromatic rings. The largest absolute Gasteiger partial charge is 0.378 e. The molecule has 1 amide bonds. The van der Waals surface area contributed by atoms with Crippen molar-refractivity contribution in [2.75, 3.05) is 41.2 Å². The van der Waals surface area contributed by atoms with E-state index in [0.717, 1.165) is 30.9 Å². The number of amides is 1. The molecule has 1 saturated heterocycles. The molecule has 3 aromatic carbocycles. The minimum absolute atomic E-state index is 0.0646. The highest BCUT2D eigenvalue weighted by Gasteiger charge is 2.19. The molecule has 9 heteroatoms. The van der Waals surface area contributed by atoms with Crippen molar-refractivity contribution in [3.8, 4) is 0 Å². The summed E-state index contributed by atoms with van der Waals surface area (Å²) >= 11 is 0. The molecule has 0 unspecified atom stereocenters. The van der Waals surface area contributed by atoms with Crippen molar-refractivity contribution in [1.29, 1.82) is 0 Å². The van der Waals surface area contributed by atoms with E-state index in [0.29, 0.717) is 24.5 Å². The molecule has 1 heterocycles. The number of anilines is 3. The number of carbonyl (C=O) groups excluding carboxylic acids is 1. The number of halogens is 1. The van der Waals surface area contributed by atoms with Crippen LogP contribution in [0.5, 0.6) is 0 Å². The third kappa shape index (κ3) is 5.50. The van der Waals surface area contributed by atoms with Crippen molar-refractivity contribution in [2.24, 2.45) is 0 Å². The summed E-state index contributed by atoms with van der Waals surface area (Å²) in [6, 6.07) is 16.8. The first-order chi connectivity index (χ1) is 15.8. The Morgan fingerprint density at radius 3 is 2.24 bits per heavy atom. The zero-order chi connectivity index (χ0) is 23.4. The molecule has 0 saturated carbocycles. The Labute approximate surface area is 192 Å². The molecular weight excluding hydrogens is 445 g/mol. The molecule has 1 aliphatic rings. The molecular formula is C24H24FN3O4S. The van der Waals surface area contributed by atoms with Crippen LogP contribution in [0.1, 0.15) is 15.9 Å². The van der Waals surface area contributed by atoms with Crippen LogP contribution < -0.4 is 14.9 Å². The summed E-state index contributed by atoms with van der Waals surface area (Å²) in [6.07, 6.45) is 0. The van der Waals surface area contributed by atoms with Crippen LogP contribution in [0.3, 0.4) is 0 Å². The molecule has 1 fully saturated rings. The zero-order valence-electron chi connectivity index (χ0n) is 18.0. The molecule has 33 heavy (non-hydrogen) atoms. The highest BCUT2D eigenvalue weighted by atomic mass is 32.2. The molecule has 2 N–H and O–H groups in total. The number of carbonyl (C=O) groups is 1. The van der Waals surface area contributed by atoms with Gasteiger partial charge in [-0.2, -0.15) is 0 Å². The monoisotopic (exact) mass is 469 g/mol. The van der Waals surface area contributed by atoms with E-state index >= 15 is 0 Å². The fourth-order valence-corrected chi connectivity index (χ4v) is 4.60. The van der Waals surface area contributed by atoms with E-state index in [-0.39, 0.29) is 16.1 Å². The number of nitrogens with one attached hydrogen (secondary N) is 2. The lowest BCUT2D eigenvalue weighted by molar-refractivity contribution is 0.102. The topological polar surface area (TPSA) is 87.7 Å². The Morgan fingerprint density at radius 1 is 0.939 bits per heavy atom. The number of hydrogen-bond acceptors (Lipinski definition) is 5. The van der Waals surface area contributed by atoms with Gasteiger partial charge in [0, 0.05) is 35.7 Å². The van der Waals surface area contributed by atoms with Gasteiger partial charge in [-0.15, -0.1) is 0 Å². The van der Waals surface area contributed by atoms with Gasteiger partial charge in [0.1, 0.15) is 5.82 Å². The number of benzene rings is 3. The molecule has 0 bridgehead atoms. The Hall–Kier alpha value is -3.43. The summed E-state index contributed by atoms with van der Waals surface area (Å²) in [4.78, 5) is 15.0. The SMILES string of the molecule is Cc1ccc(S(=O)(=O)Nc2ccc(F)cc2)cc1C(=O)Nc1ccc(N2CCOCC2)cc1. The Kier molecular flexibility index (Phi) is 6.62. The van der Waals surface area contributed by atoms with E-state index in [9.17, 15) is 17.6 Å². The number of nitrogens with zero attached hydrogens (tertiary/aromatic N) is 1. The van der Waals surface area contributed by atoms with Gasteiger partial charge in [0.15, 0.2) is 0 Å². The molecule has 0 aromatic heterocycles. The molecule has 0 spiro atoms. The fourth-order valence-electron chi connectivity index (χ4n) is 3.52. The number of sulfonamides is 1. The summed E-state index contributed by atoms with van der Waals surface area (Å²) in [6.45, 7) is 4.75. The van der Waals surface area contributed by atoms with Gasteiger partial charge in [0.2, 0.25) is 0 Å². The van der Waals surface area contributed by atoms with E-state index in [4.69, 9.17) is 4.74 Å². The Balaban J connectivity index is 1.49. The van der Waals surface area contributed by atoms with Gasteiger partial charge in [-0.1, -0.05) is 6.07 Å². The summed E-state index contributed by atoms with van der Waals surface area (Å²) in [5, 5.41) is 2.82. The first-order valence-corrected chi connectivity index (χ1v) is 11.9. The summed E-state index contributed by atoms with van der Waals surface area (Å²) in [7, 11) is -3.96. The second kappa shape index (κ2) is 9.60. The van der Waals surface area contributed by atoms with Crippen LogP contribution in [0.2, 0.25) is 0 Å². The summed E-state index contributed by atoms with van der Waals surface area (Å²) < 4.78 is 46.4. The van der Waals surface area contributed by atoms with Crippen LogP contribution in [0.25, 0.3) is 0 Å². The van der Waals surface area contributed by atoms with Crippen LogP contribution >= 0.6 is 0 Å². The van der Waals surface area contributed by atoms with Crippen molar-refractivity contribution < 1.29 is 22.3 Å². The molecule has 0 atom stereocenters. The second-order valence-corrected chi connectivity index (χ2v) is 9.37. The maximum atomic E-state index is 13.1. The van der Waals surface area contributed by atoms with E-state index < -0.39 is 21.7 Å². The van der Waals surface area contributed by atoms with Crippen LogP contribution in [-0.2, 0) is 14.8 Å². The average Bonchev–Trinajstić information content (AvgIpc) is 2.81. The van der Waals surface area contributed by atoms with E-state index in [1.54, 1.807) is 13.0 Å². The summed E-state index contributed by atoms with van der Waals surface area (Å²) in [5.41, 5.74) is 2.76. The predicted molar refractivity (Wildman–Crippen MR) is 126 cm³/mol. The maximum Gasteiger partial charge on any atom is 0.261 e. The van der Waals surface area contributed by atoms with E-state index in [2.05, 4.69) is 14.9 Å². The molecule has 4 rings (SSSR count). The molecule has 0 aliphatic carbocycles. The fraction of sp³-hybridized carbons (Fsp3) is 0.208. The third-order valence-electron chi connectivity index (χ3n) is 5.36. The third-order valence-corrected chi connectivity index (χ3v) is 6.74. The number of aryl methyl sites for hydroxylation is 1. The van der Waals surface area contributed by atoms with Gasteiger partial charge in [0.25, 0.3) is 15.9 Å². The minimum atomic E-state index is -3.96. The van der Waals surface area contributed by atoms with E-state index in [1.165, 1.54) is 24.3 Å². The van der Waals surface area contributed by atoms with Crippen molar-refractivity contribution in [3.63, 3.8) is 0 Å². The van der Waals surface area contributed by atoms with Gasteiger partial charge in [-0.25, -0.2) is 12.8 Å². The summed E-state index contributed by atoms with van der Waals surface area (Å²) in [5.74, 6) is -0.879. The number of ether oxygens (including phenoxy) is 1. The molecule has 0 radical (unpaired) electrons. The van der Waals surface area contributed by atoms with Gasteiger partial charge in [-0.3, -0.25) is 9.52 Å². The van der Waals surface area contributed by atoms with Crippen molar-refractivity contribution >= 4 is 33.0 Å². The maximum absolute atomic E-state index is 13.1. The van der Waals surface area contributed by atoms with Crippen LogP contribution in [-0.4, -0.2) is 40.6 Å².